The van der Waals surface area contributed by atoms with Gasteiger partial charge in [0.1, 0.15) is 18.1 Å². The van der Waals surface area contributed by atoms with Crippen LogP contribution in [0.5, 0.6) is 5.75 Å². The summed E-state index contributed by atoms with van der Waals surface area (Å²) in [4.78, 5) is 11.3. The van der Waals surface area contributed by atoms with Gasteiger partial charge in [0.25, 0.3) is 0 Å². The van der Waals surface area contributed by atoms with E-state index in [1.54, 1.807) is 19.4 Å². The molecule has 0 aliphatic carbocycles. The van der Waals surface area contributed by atoms with Crippen LogP contribution in [-0.4, -0.2) is 52.9 Å². The van der Waals surface area contributed by atoms with Gasteiger partial charge >= 0.3 is 0 Å². The number of nitrogens with zero attached hydrogens (tertiary/aromatic N) is 4. The quantitative estimate of drug-likeness (QED) is 0.722. The maximum absolute atomic E-state index is 5.60. The minimum absolute atomic E-state index is 0.201. The summed E-state index contributed by atoms with van der Waals surface area (Å²) in [5, 5.41) is 4.11. The minimum atomic E-state index is 0.201. The van der Waals surface area contributed by atoms with Crippen LogP contribution in [0, 0.1) is 0 Å². The number of hydrogen-bond donors (Lipinski definition) is 0. The van der Waals surface area contributed by atoms with Crippen molar-refractivity contribution in [3.05, 3.63) is 24.2 Å². The number of aromatic nitrogens is 3. The summed E-state index contributed by atoms with van der Waals surface area (Å²) in [6.45, 7) is 6.48. The van der Waals surface area contributed by atoms with Gasteiger partial charge in [-0.1, -0.05) is 5.16 Å². The molecule has 130 valence electrons. The van der Waals surface area contributed by atoms with Crippen LogP contribution in [0.25, 0.3) is 11.5 Å². The summed E-state index contributed by atoms with van der Waals surface area (Å²) < 4.78 is 16.1. The average molecular weight is 332 g/mol. The lowest BCUT2D eigenvalue weighted by atomic mass is 10.2. The van der Waals surface area contributed by atoms with Crippen molar-refractivity contribution in [2.24, 2.45) is 0 Å². The predicted octanol–water partition coefficient (Wildman–Crippen LogP) is 2.70. The van der Waals surface area contributed by atoms with Gasteiger partial charge in [0.2, 0.25) is 11.7 Å². The fraction of sp³-hybridized carbons (Fsp3) is 0.588. The molecule has 1 fully saturated rings. The molecule has 1 aliphatic rings. The largest absolute Gasteiger partial charge is 0.491 e. The van der Waals surface area contributed by atoms with E-state index in [0.717, 1.165) is 19.4 Å². The lowest BCUT2D eigenvalue weighted by Crippen LogP contribution is -2.30. The Bertz CT molecular complexity index is 659. The van der Waals surface area contributed by atoms with Gasteiger partial charge in [-0.2, -0.15) is 4.98 Å². The maximum atomic E-state index is 5.60. The zero-order chi connectivity index (χ0) is 16.9. The van der Waals surface area contributed by atoms with Crippen LogP contribution >= 0.6 is 0 Å². The van der Waals surface area contributed by atoms with Crippen LogP contribution in [0.15, 0.2) is 22.9 Å². The van der Waals surface area contributed by atoms with E-state index in [1.807, 2.05) is 6.07 Å². The highest BCUT2D eigenvalue weighted by Crippen LogP contribution is 2.33. The first-order valence-corrected chi connectivity index (χ1v) is 8.36. The summed E-state index contributed by atoms with van der Waals surface area (Å²) in [7, 11) is 1.64. The average Bonchev–Trinajstić information content (AvgIpc) is 3.24. The molecule has 7 nitrogen and oxygen atoms in total. The summed E-state index contributed by atoms with van der Waals surface area (Å²) in [5.74, 6) is 1.88. The Labute approximate surface area is 142 Å². The van der Waals surface area contributed by atoms with Crippen molar-refractivity contribution in [3.63, 3.8) is 0 Å². The van der Waals surface area contributed by atoms with E-state index in [-0.39, 0.29) is 6.04 Å². The Morgan fingerprint density at radius 1 is 1.38 bits per heavy atom. The molecule has 24 heavy (non-hydrogen) atoms. The fourth-order valence-electron chi connectivity index (χ4n) is 3.01. The van der Waals surface area contributed by atoms with Gasteiger partial charge in [-0.15, -0.1) is 0 Å². The van der Waals surface area contributed by atoms with E-state index >= 15 is 0 Å². The molecule has 0 saturated carbocycles. The molecule has 3 rings (SSSR count). The first-order valence-electron chi connectivity index (χ1n) is 8.36. The highest BCUT2D eigenvalue weighted by atomic mass is 16.5. The molecule has 0 amide bonds. The standard InChI is InChI=1S/C17H24N4O3/c1-12(2)21-8-4-5-15(21)17-19-16(20-24-17)14-11-13(6-7-18-14)23-10-9-22-3/h6-7,11-12,15H,4-5,8-10H2,1-3H3/t15-/m0/s1. The first-order chi connectivity index (χ1) is 11.7. The predicted molar refractivity (Wildman–Crippen MR) is 88.7 cm³/mol. The Kier molecular flexibility index (Phi) is 5.42. The van der Waals surface area contributed by atoms with E-state index in [4.69, 9.17) is 14.0 Å². The molecule has 2 aromatic rings. The van der Waals surface area contributed by atoms with Crippen molar-refractivity contribution in [1.29, 1.82) is 0 Å². The van der Waals surface area contributed by atoms with Gasteiger partial charge in [0.05, 0.1) is 12.6 Å². The monoisotopic (exact) mass is 332 g/mol. The lowest BCUT2D eigenvalue weighted by Gasteiger charge is -2.25. The van der Waals surface area contributed by atoms with Crippen molar-refractivity contribution in [2.45, 2.75) is 38.8 Å². The normalized spacial score (nSPS) is 18.4. The second kappa shape index (κ2) is 7.72. The third-order valence-corrected chi connectivity index (χ3v) is 4.20. The molecule has 0 N–H and O–H groups in total. The number of likely N-dealkylation sites (tertiary alicyclic amines) is 1. The zero-order valence-corrected chi connectivity index (χ0v) is 14.4. The molecule has 0 aromatic carbocycles. The van der Waals surface area contributed by atoms with Crippen molar-refractivity contribution in [2.75, 3.05) is 26.9 Å². The third kappa shape index (κ3) is 3.73. The Morgan fingerprint density at radius 3 is 3.04 bits per heavy atom. The molecule has 0 unspecified atom stereocenters. The summed E-state index contributed by atoms with van der Waals surface area (Å²) in [6, 6.07) is 4.28. The molecular weight excluding hydrogens is 308 g/mol. The Morgan fingerprint density at radius 2 is 2.25 bits per heavy atom. The van der Waals surface area contributed by atoms with Crippen LogP contribution in [0.2, 0.25) is 0 Å². The van der Waals surface area contributed by atoms with Crippen LogP contribution in [0.1, 0.15) is 38.6 Å². The second-order valence-corrected chi connectivity index (χ2v) is 6.16. The molecule has 0 spiro atoms. The lowest BCUT2D eigenvalue weighted by molar-refractivity contribution is 0.146. The van der Waals surface area contributed by atoms with Crippen molar-refractivity contribution < 1.29 is 14.0 Å². The molecule has 3 heterocycles. The molecule has 0 bridgehead atoms. The van der Waals surface area contributed by atoms with Gasteiger partial charge in [0, 0.05) is 25.4 Å². The smallest absolute Gasteiger partial charge is 0.244 e. The van der Waals surface area contributed by atoms with Crippen molar-refractivity contribution in [1.82, 2.24) is 20.0 Å². The summed E-state index contributed by atoms with van der Waals surface area (Å²) in [5.41, 5.74) is 0.647. The molecule has 0 radical (unpaired) electrons. The summed E-state index contributed by atoms with van der Waals surface area (Å²) in [6.07, 6.45) is 3.89. The topological polar surface area (TPSA) is 73.5 Å². The highest BCUT2D eigenvalue weighted by Gasteiger charge is 2.32. The van der Waals surface area contributed by atoms with Gasteiger partial charge in [-0.25, -0.2) is 0 Å². The van der Waals surface area contributed by atoms with Gasteiger partial charge in [-0.05, 0) is 39.3 Å². The molecule has 1 saturated heterocycles. The number of hydrogen-bond acceptors (Lipinski definition) is 7. The van der Waals surface area contributed by atoms with E-state index in [1.165, 1.54) is 0 Å². The van der Waals surface area contributed by atoms with E-state index < -0.39 is 0 Å². The molecular formula is C17H24N4O3. The van der Waals surface area contributed by atoms with Crippen LogP contribution in [-0.2, 0) is 4.74 Å². The van der Waals surface area contributed by atoms with Crippen molar-refractivity contribution >= 4 is 0 Å². The molecule has 1 aliphatic heterocycles. The summed E-state index contributed by atoms with van der Waals surface area (Å²) >= 11 is 0. The van der Waals surface area contributed by atoms with E-state index in [0.29, 0.717) is 42.4 Å². The van der Waals surface area contributed by atoms with E-state index in [9.17, 15) is 0 Å². The maximum Gasteiger partial charge on any atom is 0.244 e. The number of methoxy groups -OCH3 is 1. The van der Waals surface area contributed by atoms with Gasteiger partial charge in [-0.3, -0.25) is 9.88 Å². The fourth-order valence-corrected chi connectivity index (χ4v) is 3.01. The number of rotatable bonds is 7. The zero-order valence-electron chi connectivity index (χ0n) is 14.4. The molecule has 2 aromatic heterocycles. The number of ether oxygens (including phenoxy) is 2. The van der Waals surface area contributed by atoms with Gasteiger partial charge < -0.3 is 14.0 Å². The van der Waals surface area contributed by atoms with Gasteiger partial charge in [0.15, 0.2) is 0 Å². The Balaban J connectivity index is 1.74. The van der Waals surface area contributed by atoms with Crippen LogP contribution < -0.4 is 4.74 Å². The van der Waals surface area contributed by atoms with Crippen LogP contribution in [0.4, 0.5) is 0 Å². The SMILES string of the molecule is COCCOc1ccnc(-c2noc([C@@H]3CCCN3C(C)C)n2)c1. The number of pyridine rings is 1. The Hall–Kier alpha value is -1.99. The van der Waals surface area contributed by atoms with E-state index in [2.05, 4.69) is 33.9 Å². The van der Waals surface area contributed by atoms with Crippen molar-refractivity contribution in [3.8, 4) is 17.3 Å². The highest BCUT2D eigenvalue weighted by molar-refractivity contribution is 5.50. The minimum Gasteiger partial charge on any atom is -0.491 e. The molecule has 1 atom stereocenters. The van der Waals surface area contributed by atoms with Crippen LogP contribution in [0.3, 0.4) is 0 Å². The third-order valence-electron chi connectivity index (χ3n) is 4.20. The second-order valence-electron chi connectivity index (χ2n) is 6.16. The molecule has 7 heteroatoms. The first kappa shape index (κ1) is 16.9.